The summed E-state index contributed by atoms with van der Waals surface area (Å²) < 4.78 is 7.72. The third kappa shape index (κ3) is 2.93. The fourth-order valence-electron chi connectivity index (χ4n) is 3.08. The monoisotopic (exact) mass is 296 g/mol. The summed E-state index contributed by atoms with van der Waals surface area (Å²) in [5.41, 5.74) is 0. The topological polar surface area (TPSA) is 9.23 Å². The van der Waals surface area contributed by atoms with E-state index in [0.717, 1.165) is 5.92 Å². The molecular weight excluding hydrogens is 275 g/mol. The summed E-state index contributed by atoms with van der Waals surface area (Å²) in [6.45, 7) is 0. The van der Waals surface area contributed by atoms with Crippen molar-refractivity contribution in [3.63, 3.8) is 0 Å². The van der Waals surface area contributed by atoms with E-state index in [2.05, 4.69) is 30.3 Å². The molecule has 0 aromatic heterocycles. The van der Waals surface area contributed by atoms with Crippen molar-refractivity contribution in [1.29, 1.82) is 0 Å². The Hall–Kier alpha value is -0.301. The fourth-order valence-corrected chi connectivity index (χ4v) is 5.05. The van der Waals surface area contributed by atoms with Crippen LogP contribution in [0.25, 0.3) is 0 Å². The van der Waals surface area contributed by atoms with Crippen LogP contribution >= 0.6 is 0 Å². The number of rotatable bonds is 3. The second kappa shape index (κ2) is 5.56. The fraction of sp³-hybridized carbons (Fsp3) is 0.600. The molecule has 92 valence electrons. The van der Waals surface area contributed by atoms with E-state index in [1.165, 1.54) is 41.9 Å². The van der Waals surface area contributed by atoms with Crippen molar-refractivity contribution in [2.75, 3.05) is 0 Å². The third-order valence-corrected chi connectivity index (χ3v) is 6.35. The third-order valence-electron chi connectivity index (χ3n) is 3.95. The van der Waals surface area contributed by atoms with Gasteiger partial charge in [0.25, 0.3) is 0 Å². The zero-order valence-corrected chi connectivity index (χ0v) is 11.9. The zero-order chi connectivity index (χ0) is 11.5. The summed E-state index contributed by atoms with van der Waals surface area (Å²) >= 11 is 0.597. The number of hydrogen-bond acceptors (Lipinski definition) is 1. The Balaban J connectivity index is 1.50. The van der Waals surface area contributed by atoms with Crippen LogP contribution in [0.1, 0.15) is 32.1 Å². The van der Waals surface area contributed by atoms with E-state index < -0.39 is 0 Å². The van der Waals surface area contributed by atoms with Crippen LogP contribution in [0.15, 0.2) is 30.3 Å². The molecule has 0 amide bonds. The van der Waals surface area contributed by atoms with Gasteiger partial charge in [0.2, 0.25) is 0 Å². The normalized spacial score (nSPS) is 32.4. The Morgan fingerprint density at radius 3 is 2.76 bits per heavy atom. The number of benzene rings is 1. The van der Waals surface area contributed by atoms with E-state index in [-0.39, 0.29) is 0 Å². The van der Waals surface area contributed by atoms with Gasteiger partial charge in [-0.2, -0.15) is 0 Å². The van der Waals surface area contributed by atoms with Crippen molar-refractivity contribution in [1.82, 2.24) is 0 Å². The first-order valence-electron chi connectivity index (χ1n) is 6.75. The predicted molar refractivity (Wildman–Crippen MR) is 71.9 cm³/mol. The van der Waals surface area contributed by atoms with E-state index in [9.17, 15) is 0 Å². The maximum atomic E-state index is 6.20. The van der Waals surface area contributed by atoms with Gasteiger partial charge < -0.3 is 0 Å². The molecule has 1 aliphatic carbocycles. The van der Waals surface area contributed by atoms with Crippen LogP contribution in [0.4, 0.5) is 0 Å². The van der Waals surface area contributed by atoms with E-state index in [1.54, 1.807) is 0 Å². The number of fused-ring (bicyclic) bond motifs is 1. The van der Waals surface area contributed by atoms with Crippen LogP contribution in [-0.4, -0.2) is 27.2 Å². The second-order valence-corrected chi connectivity index (χ2v) is 7.49. The van der Waals surface area contributed by atoms with Gasteiger partial charge in [0.15, 0.2) is 0 Å². The van der Waals surface area contributed by atoms with Crippen LogP contribution in [0.2, 0.25) is 5.32 Å². The van der Waals surface area contributed by atoms with E-state index >= 15 is 0 Å². The minimum absolute atomic E-state index is 0.559. The van der Waals surface area contributed by atoms with Crippen LogP contribution in [0, 0.1) is 5.92 Å². The Labute approximate surface area is 110 Å². The zero-order valence-electron chi connectivity index (χ0n) is 10.2. The molecule has 1 aliphatic heterocycles. The second-order valence-electron chi connectivity index (χ2n) is 5.20. The average molecular weight is 295 g/mol. The molecule has 0 bridgehead atoms. The molecule has 1 nitrogen and oxygen atoms in total. The molecule has 2 aliphatic rings. The van der Waals surface area contributed by atoms with Crippen molar-refractivity contribution in [2.45, 2.75) is 49.6 Å². The van der Waals surface area contributed by atoms with Crippen molar-refractivity contribution in [2.24, 2.45) is 5.92 Å². The van der Waals surface area contributed by atoms with Crippen molar-refractivity contribution in [3.8, 4) is 0 Å². The van der Waals surface area contributed by atoms with Gasteiger partial charge in [-0.3, -0.25) is 0 Å². The van der Waals surface area contributed by atoms with Crippen LogP contribution in [-0.2, 0) is 4.74 Å². The molecule has 2 fully saturated rings. The molecule has 17 heavy (non-hydrogen) atoms. The maximum absolute atomic E-state index is 6.20. The Morgan fingerprint density at radius 1 is 1.12 bits per heavy atom. The quantitative estimate of drug-likeness (QED) is 0.779. The summed E-state index contributed by atoms with van der Waals surface area (Å²) in [7, 11) is 0. The molecule has 1 saturated heterocycles. The van der Waals surface area contributed by atoms with Crippen molar-refractivity contribution in [3.05, 3.63) is 30.3 Å². The van der Waals surface area contributed by atoms with Gasteiger partial charge in [0, 0.05) is 0 Å². The molecule has 0 radical (unpaired) electrons. The summed E-state index contributed by atoms with van der Waals surface area (Å²) in [5.74, 6) is 0.889. The average Bonchev–Trinajstić information content (AvgIpc) is 2.80. The van der Waals surface area contributed by atoms with Crippen molar-refractivity contribution >= 4 is 19.4 Å². The van der Waals surface area contributed by atoms with Gasteiger partial charge in [0.1, 0.15) is 0 Å². The minimum atomic E-state index is 0.559. The molecule has 1 aromatic carbocycles. The Morgan fingerprint density at radius 2 is 1.94 bits per heavy atom. The Bertz CT molecular complexity index is 337. The molecule has 1 aromatic rings. The van der Waals surface area contributed by atoms with Crippen molar-refractivity contribution < 1.29 is 4.74 Å². The van der Waals surface area contributed by atoms with E-state index in [1.807, 2.05) is 0 Å². The van der Waals surface area contributed by atoms with Gasteiger partial charge in [-0.1, -0.05) is 0 Å². The molecule has 1 heterocycles. The molecule has 1 saturated carbocycles. The summed E-state index contributed by atoms with van der Waals surface area (Å²) in [4.78, 5) is 0. The van der Waals surface area contributed by atoms with Gasteiger partial charge in [-0.15, -0.1) is 0 Å². The first-order valence-corrected chi connectivity index (χ1v) is 8.82. The molecule has 1 unspecified atom stereocenters. The first kappa shape index (κ1) is 11.8. The first-order chi connectivity index (χ1) is 8.42. The summed E-state index contributed by atoms with van der Waals surface area (Å²) in [5, 5.41) is 1.27. The van der Waals surface area contributed by atoms with Gasteiger partial charge in [-0.05, 0) is 0 Å². The van der Waals surface area contributed by atoms with Gasteiger partial charge in [0.05, 0.1) is 0 Å². The summed E-state index contributed by atoms with van der Waals surface area (Å²) in [6, 6.07) is 10.9. The van der Waals surface area contributed by atoms with E-state index in [4.69, 9.17) is 4.74 Å². The van der Waals surface area contributed by atoms with Crippen LogP contribution in [0.3, 0.4) is 0 Å². The standard InChI is InChI=1S/C15H20OSe/c1-2-7-14(8-3-1)17-11-13-10-12-6-4-5-9-15(12)16-13/h1-3,7-8,12-13,15H,4-6,9-11H2/t12-,13?,15-/m1/s1. The molecule has 0 spiro atoms. The SMILES string of the molecule is c1ccc([Se]CC2C[C@H]3CCCC[C@H]3O2)cc1. The van der Waals surface area contributed by atoms with Gasteiger partial charge >= 0.3 is 110 Å². The Kier molecular flexibility index (Phi) is 3.85. The molecule has 3 rings (SSSR count). The molecule has 0 N–H and O–H groups in total. The van der Waals surface area contributed by atoms with Gasteiger partial charge in [-0.25, -0.2) is 0 Å². The molecule has 3 atom stereocenters. The van der Waals surface area contributed by atoms with Crippen LogP contribution < -0.4 is 4.46 Å². The molecule has 2 heteroatoms. The molecular formula is C15H20OSe. The van der Waals surface area contributed by atoms with E-state index in [0.29, 0.717) is 27.2 Å². The summed E-state index contributed by atoms with van der Waals surface area (Å²) in [6.07, 6.45) is 8.06. The van der Waals surface area contributed by atoms with Crippen LogP contribution in [0.5, 0.6) is 0 Å². The number of ether oxygens (including phenoxy) is 1. The predicted octanol–water partition coefficient (Wildman–Crippen LogP) is 2.78. The number of hydrogen-bond donors (Lipinski definition) is 0.